The van der Waals surface area contributed by atoms with Gasteiger partial charge >= 0.3 is 0 Å². The largest absolute Gasteiger partial charge is 0.309 e. The molecule has 4 nitrogen and oxygen atoms in total. The van der Waals surface area contributed by atoms with Gasteiger partial charge in [-0.25, -0.2) is 15.0 Å². The van der Waals surface area contributed by atoms with Crippen molar-refractivity contribution in [1.82, 2.24) is 19.5 Å². The molecule has 0 aliphatic heterocycles. The lowest BCUT2D eigenvalue weighted by molar-refractivity contribution is 1.07. The van der Waals surface area contributed by atoms with E-state index in [1.165, 1.54) is 53.8 Å². The molecule has 13 rings (SSSR count). The third kappa shape index (κ3) is 8.43. The van der Waals surface area contributed by atoms with Gasteiger partial charge in [0, 0.05) is 33.2 Å². The van der Waals surface area contributed by atoms with E-state index >= 15 is 0 Å². The van der Waals surface area contributed by atoms with Crippen molar-refractivity contribution < 1.29 is 0 Å². The van der Waals surface area contributed by atoms with Crippen molar-refractivity contribution in [1.29, 1.82) is 0 Å². The quantitative estimate of drug-likeness (QED) is 0.0958. The maximum atomic E-state index is 5.45. The normalized spacial score (nSPS) is 11.6. The first-order valence-corrected chi connectivity index (χ1v) is 28.0. The van der Waals surface area contributed by atoms with E-state index < -0.39 is 8.07 Å². The Hall–Kier alpha value is -9.55. The highest BCUT2D eigenvalue weighted by Gasteiger charge is 2.41. The van der Waals surface area contributed by atoms with E-state index in [4.69, 9.17) is 15.0 Å². The summed E-state index contributed by atoms with van der Waals surface area (Å²) in [7, 11) is -2.90. The Morgan fingerprint density at radius 2 is 0.671 bits per heavy atom. The van der Waals surface area contributed by atoms with Gasteiger partial charge in [0.15, 0.2) is 25.5 Å². The van der Waals surface area contributed by atoms with Crippen molar-refractivity contribution in [3.05, 3.63) is 290 Å². The Bertz CT molecular complexity index is 3970. The average Bonchev–Trinajstić information content (AvgIpc) is 3.88. The minimum absolute atomic E-state index is 0.592. The zero-order valence-corrected chi connectivity index (χ0v) is 43.3. The molecule has 2 aromatic heterocycles. The third-order valence-electron chi connectivity index (χ3n) is 14.9. The molecule has 360 valence electrons. The molecule has 13 aromatic rings. The second kappa shape index (κ2) is 19.7. The van der Waals surface area contributed by atoms with E-state index in [0.717, 1.165) is 55.7 Å². The molecule has 0 saturated carbocycles. The molecule has 0 unspecified atom stereocenters. The fourth-order valence-electron chi connectivity index (χ4n) is 11.3. The number of fused-ring (bicyclic) bond motifs is 3. The van der Waals surface area contributed by atoms with Gasteiger partial charge in [-0.2, -0.15) is 0 Å². The number of hydrogen-bond donors (Lipinski definition) is 0. The van der Waals surface area contributed by atoms with Crippen LogP contribution in [0.15, 0.2) is 279 Å². The molecular weight excluding hydrogens is 937 g/mol. The van der Waals surface area contributed by atoms with Crippen molar-refractivity contribution in [2.45, 2.75) is 13.8 Å². The van der Waals surface area contributed by atoms with E-state index in [1.807, 2.05) is 36.4 Å². The monoisotopic (exact) mass is 988 g/mol. The summed E-state index contributed by atoms with van der Waals surface area (Å²) in [6.07, 6.45) is 0. The van der Waals surface area contributed by atoms with Crippen LogP contribution in [0.1, 0.15) is 11.1 Å². The molecule has 0 aliphatic carbocycles. The summed E-state index contributed by atoms with van der Waals surface area (Å²) < 4.78 is 2.45. The van der Waals surface area contributed by atoms with Crippen molar-refractivity contribution in [2.75, 3.05) is 0 Å². The molecule has 0 radical (unpaired) electrons. The lowest BCUT2D eigenvalue weighted by Crippen LogP contribution is -2.74. The van der Waals surface area contributed by atoms with Crippen molar-refractivity contribution >= 4 is 50.6 Å². The van der Waals surface area contributed by atoms with Crippen LogP contribution in [0, 0.1) is 13.8 Å². The Morgan fingerprint density at radius 1 is 0.276 bits per heavy atom. The maximum Gasteiger partial charge on any atom is 0.179 e. The number of nitrogens with zero attached hydrogens (tertiary/aromatic N) is 4. The molecule has 11 aromatic carbocycles. The third-order valence-corrected chi connectivity index (χ3v) is 19.7. The molecule has 0 amide bonds. The number of aromatic nitrogens is 4. The molecule has 0 saturated heterocycles. The Morgan fingerprint density at radius 3 is 1.14 bits per heavy atom. The van der Waals surface area contributed by atoms with Crippen LogP contribution in [0.5, 0.6) is 0 Å². The fourth-order valence-corrected chi connectivity index (χ4v) is 16.1. The lowest BCUT2D eigenvalue weighted by atomic mass is 9.98. The van der Waals surface area contributed by atoms with Crippen LogP contribution < -0.4 is 20.7 Å². The van der Waals surface area contributed by atoms with E-state index in [1.54, 1.807) is 0 Å². The van der Waals surface area contributed by atoms with Gasteiger partial charge in [-0.3, -0.25) is 0 Å². The molecule has 0 aliphatic rings. The van der Waals surface area contributed by atoms with Crippen LogP contribution in [-0.2, 0) is 0 Å². The van der Waals surface area contributed by atoms with Crippen LogP contribution in [0.4, 0.5) is 0 Å². The van der Waals surface area contributed by atoms with Gasteiger partial charge in [0.25, 0.3) is 0 Å². The smallest absolute Gasteiger partial charge is 0.179 e. The van der Waals surface area contributed by atoms with Crippen molar-refractivity contribution in [3.63, 3.8) is 0 Å². The number of rotatable bonds is 11. The molecule has 0 spiro atoms. The van der Waals surface area contributed by atoms with Crippen LogP contribution in [0.2, 0.25) is 0 Å². The lowest BCUT2D eigenvalue weighted by Gasteiger charge is -2.34. The van der Waals surface area contributed by atoms with Gasteiger partial charge in [0.05, 0.1) is 11.0 Å². The first kappa shape index (κ1) is 46.2. The number of hydrogen-bond acceptors (Lipinski definition) is 3. The highest BCUT2D eigenvalue weighted by Crippen LogP contribution is 2.40. The second-order valence-corrected chi connectivity index (χ2v) is 23.5. The van der Waals surface area contributed by atoms with Crippen LogP contribution in [0.25, 0.3) is 95.0 Å². The summed E-state index contributed by atoms with van der Waals surface area (Å²) in [5.74, 6) is 1.82. The number of benzene rings is 11. The van der Waals surface area contributed by atoms with E-state index in [9.17, 15) is 0 Å². The molecular formula is C71H52N4Si. The molecule has 0 N–H and O–H groups in total. The predicted octanol–water partition coefficient (Wildman–Crippen LogP) is 15.0. The first-order chi connectivity index (χ1) is 37.5. The van der Waals surface area contributed by atoms with Crippen LogP contribution >= 0.6 is 0 Å². The molecule has 76 heavy (non-hydrogen) atoms. The summed E-state index contributed by atoms with van der Waals surface area (Å²) in [5.41, 5.74) is 15.2. The van der Waals surface area contributed by atoms with Crippen molar-refractivity contribution in [2.24, 2.45) is 0 Å². The zero-order valence-electron chi connectivity index (χ0n) is 42.3. The highest BCUT2D eigenvalue weighted by atomic mass is 28.3. The fraction of sp³-hybridized carbons (Fsp3) is 0.0282. The standard InChI is InChI=1S/C71H52N4Si/c1-49-21-18-27-53(43-49)55-37-40-64-65-41-38-56(54-28-19-22-50(2)44-54)47-68(65)75(67(64)46-55)58-39-42-63(66(48-58)71-73-69(51-23-8-3-9-24-51)72-70(74-71)52-25-10-4-11-26-52)57-29-20-36-62(45-57)76(59-30-12-5-13-31-59,60-32-14-6-15-33-60)61-34-16-7-17-35-61/h3-48H,1-2H3. The molecule has 5 heteroatoms. The average molecular weight is 989 g/mol. The molecule has 2 heterocycles. The first-order valence-electron chi connectivity index (χ1n) is 26.0. The summed E-state index contributed by atoms with van der Waals surface area (Å²) in [5, 5.41) is 7.60. The SMILES string of the molecule is Cc1cccc(-c2ccc3c4ccc(-c5cccc(C)c5)cc4n(-c4ccc(-c5cccc([Si](c6ccccc6)(c6ccccc6)c6ccccc6)c5)c(-c5nc(-c6ccccc6)nc(-c6ccccc6)n5)c4)c3c2)c1. The second-order valence-electron chi connectivity index (χ2n) is 19.7. The summed E-state index contributed by atoms with van der Waals surface area (Å²) in [6, 6.07) is 101. The van der Waals surface area contributed by atoms with Crippen LogP contribution in [-0.4, -0.2) is 27.6 Å². The number of aryl methyl sites for hydroxylation is 2. The van der Waals surface area contributed by atoms with Gasteiger partial charge in [0.2, 0.25) is 0 Å². The zero-order chi connectivity index (χ0) is 51.0. The summed E-state index contributed by atoms with van der Waals surface area (Å²) >= 11 is 0. The maximum absolute atomic E-state index is 5.45. The molecule has 0 bridgehead atoms. The van der Waals surface area contributed by atoms with E-state index in [2.05, 4.69) is 261 Å². The summed E-state index contributed by atoms with van der Waals surface area (Å²) in [4.78, 5) is 16.1. The minimum Gasteiger partial charge on any atom is -0.309 e. The van der Waals surface area contributed by atoms with Gasteiger partial charge in [-0.1, -0.05) is 266 Å². The predicted molar refractivity (Wildman–Crippen MR) is 320 cm³/mol. The minimum atomic E-state index is -2.90. The van der Waals surface area contributed by atoms with Crippen molar-refractivity contribution in [3.8, 4) is 73.2 Å². The Balaban J connectivity index is 1.11. The summed E-state index contributed by atoms with van der Waals surface area (Å²) in [6.45, 7) is 4.32. The van der Waals surface area contributed by atoms with E-state index in [0.29, 0.717) is 17.5 Å². The van der Waals surface area contributed by atoms with Gasteiger partial charge in [-0.15, -0.1) is 0 Å². The Labute approximate surface area is 445 Å². The highest BCUT2D eigenvalue weighted by molar-refractivity contribution is 7.19. The van der Waals surface area contributed by atoms with Crippen LogP contribution in [0.3, 0.4) is 0 Å². The van der Waals surface area contributed by atoms with Gasteiger partial charge in [0.1, 0.15) is 0 Å². The Kier molecular flexibility index (Phi) is 12.0. The molecule has 0 fully saturated rings. The van der Waals surface area contributed by atoms with Gasteiger partial charge < -0.3 is 4.57 Å². The topological polar surface area (TPSA) is 43.6 Å². The van der Waals surface area contributed by atoms with E-state index in [-0.39, 0.29) is 0 Å². The molecule has 0 atom stereocenters. The van der Waals surface area contributed by atoms with Gasteiger partial charge in [-0.05, 0) is 92.2 Å².